The zero-order valence-corrected chi connectivity index (χ0v) is 11.7. The topological polar surface area (TPSA) is 37.3 Å². The van der Waals surface area contributed by atoms with Gasteiger partial charge in [-0.05, 0) is 47.7 Å². The molecular weight excluding hydrogens is 275 g/mol. The molecule has 0 saturated heterocycles. The molecule has 0 aliphatic rings. The highest BCUT2D eigenvalue weighted by Crippen LogP contribution is 2.21. The van der Waals surface area contributed by atoms with Crippen molar-refractivity contribution in [1.82, 2.24) is 0 Å². The first-order valence-electron chi connectivity index (χ1n) is 5.95. The summed E-state index contributed by atoms with van der Waals surface area (Å²) in [5, 5.41) is 9.28. The fourth-order valence-electron chi connectivity index (χ4n) is 1.79. The Bertz CT molecular complexity index is 648. The van der Waals surface area contributed by atoms with Gasteiger partial charge in [-0.1, -0.05) is 24.3 Å². The lowest BCUT2D eigenvalue weighted by Gasteiger charge is -2.04. The molecule has 0 spiro atoms. The summed E-state index contributed by atoms with van der Waals surface area (Å²) < 4.78 is 13.2. The minimum Gasteiger partial charge on any atom is -0.478 e. The van der Waals surface area contributed by atoms with Crippen LogP contribution in [0.1, 0.15) is 11.1 Å². The van der Waals surface area contributed by atoms with Crippen LogP contribution in [0.2, 0.25) is 0 Å². The van der Waals surface area contributed by atoms with E-state index < -0.39 is 11.8 Å². The van der Waals surface area contributed by atoms with E-state index in [9.17, 15) is 14.3 Å². The molecule has 2 nitrogen and oxygen atoms in total. The number of thioether (sulfide) groups is 1. The van der Waals surface area contributed by atoms with Crippen molar-refractivity contribution in [2.45, 2.75) is 4.90 Å². The van der Waals surface area contributed by atoms with Gasteiger partial charge in [0.25, 0.3) is 0 Å². The third-order valence-electron chi connectivity index (χ3n) is 2.79. The number of halogens is 1. The average molecular weight is 288 g/mol. The summed E-state index contributed by atoms with van der Waals surface area (Å²) in [6, 6.07) is 13.1. The fourth-order valence-corrected chi connectivity index (χ4v) is 2.20. The van der Waals surface area contributed by atoms with Crippen LogP contribution in [0, 0.1) is 5.82 Å². The van der Waals surface area contributed by atoms with Crippen molar-refractivity contribution < 1.29 is 14.3 Å². The predicted octanol–water partition coefficient (Wildman–Crippen LogP) is 4.17. The summed E-state index contributed by atoms with van der Waals surface area (Å²) in [6.45, 7) is 0. The summed E-state index contributed by atoms with van der Waals surface area (Å²) in [7, 11) is 0. The second-order valence-corrected chi connectivity index (χ2v) is 5.03. The number of aliphatic carboxylic acids is 1. The van der Waals surface area contributed by atoms with E-state index in [0.717, 1.165) is 10.5 Å². The van der Waals surface area contributed by atoms with Gasteiger partial charge in [-0.25, -0.2) is 9.18 Å². The molecule has 0 bridgehead atoms. The first kappa shape index (κ1) is 14.3. The average Bonchev–Trinajstić information content (AvgIpc) is 2.45. The highest BCUT2D eigenvalue weighted by molar-refractivity contribution is 7.98. The summed E-state index contributed by atoms with van der Waals surface area (Å²) in [4.78, 5) is 12.4. The predicted molar refractivity (Wildman–Crippen MR) is 80.1 cm³/mol. The molecule has 0 aromatic heterocycles. The Labute approximate surface area is 121 Å². The number of carbonyl (C=O) groups is 1. The van der Waals surface area contributed by atoms with E-state index in [1.165, 1.54) is 18.2 Å². The summed E-state index contributed by atoms with van der Waals surface area (Å²) in [5.41, 5.74) is 1.19. The van der Waals surface area contributed by atoms with E-state index in [4.69, 9.17) is 0 Å². The maximum atomic E-state index is 13.2. The number of carboxylic acids is 1. The molecule has 2 aromatic carbocycles. The number of hydrogen-bond donors (Lipinski definition) is 1. The molecule has 2 aromatic rings. The van der Waals surface area contributed by atoms with Crippen molar-refractivity contribution in [2.24, 2.45) is 0 Å². The van der Waals surface area contributed by atoms with Gasteiger partial charge < -0.3 is 5.11 Å². The van der Waals surface area contributed by atoms with Crippen molar-refractivity contribution in [1.29, 1.82) is 0 Å². The Kier molecular flexibility index (Phi) is 4.58. The SMILES string of the molecule is CSc1ccc(C=C(C(=O)O)c2cccc(F)c2)cc1. The van der Waals surface area contributed by atoms with Gasteiger partial charge in [0.1, 0.15) is 5.82 Å². The van der Waals surface area contributed by atoms with Crippen molar-refractivity contribution >= 4 is 29.4 Å². The quantitative estimate of drug-likeness (QED) is 0.521. The first-order chi connectivity index (χ1) is 9.60. The minimum absolute atomic E-state index is 0.0707. The highest BCUT2D eigenvalue weighted by atomic mass is 32.2. The lowest BCUT2D eigenvalue weighted by Crippen LogP contribution is -2.00. The number of rotatable bonds is 4. The molecule has 0 unspecified atom stereocenters. The number of carboxylic acid groups (broad SMARTS) is 1. The van der Waals surface area contributed by atoms with Gasteiger partial charge >= 0.3 is 5.97 Å². The van der Waals surface area contributed by atoms with E-state index in [0.29, 0.717) is 5.56 Å². The normalized spacial score (nSPS) is 11.4. The molecule has 20 heavy (non-hydrogen) atoms. The lowest BCUT2D eigenvalue weighted by molar-refractivity contribution is -0.130. The van der Waals surface area contributed by atoms with Crippen LogP contribution in [0.3, 0.4) is 0 Å². The van der Waals surface area contributed by atoms with Gasteiger partial charge in [-0.15, -0.1) is 11.8 Å². The Hall–Kier alpha value is -2.07. The third kappa shape index (κ3) is 3.48. The van der Waals surface area contributed by atoms with Crippen LogP contribution in [0.15, 0.2) is 53.4 Å². The summed E-state index contributed by atoms with van der Waals surface area (Å²) in [6.07, 6.45) is 3.52. The van der Waals surface area contributed by atoms with Gasteiger partial charge in [0.2, 0.25) is 0 Å². The molecule has 1 N–H and O–H groups in total. The van der Waals surface area contributed by atoms with Crippen LogP contribution in [0.4, 0.5) is 4.39 Å². The van der Waals surface area contributed by atoms with E-state index in [2.05, 4.69) is 0 Å². The molecule has 0 fully saturated rings. The number of hydrogen-bond acceptors (Lipinski definition) is 2. The second-order valence-electron chi connectivity index (χ2n) is 4.15. The van der Waals surface area contributed by atoms with Crippen molar-refractivity contribution in [3.05, 3.63) is 65.5 Å². The van der Waals surface area contributed by atoms with E-state index in [-0.39, 0.29) is 5.57 Å². The van der Waals surface area contributed by atoms with Crippen molar-refractivity contribution in [3.8, 4) is 0 Å². The van der Waals surface area contributed by atoms with E-state index in [1.807, 2.05) is 30.5 Å². The maximum Gasteiger partial charge on any atom is 0.336 e. The van der Waals surface area contributed by atoms with Crippen LogP contribution in [0.25, 0.3) is 11.6 Å². The molecule has 0 atom stereocenters. The maximum absolute atomic E-state index is 13.2. The first-order valence-corrected chi connectivity index (χ1v) is 7.17. The van der Waals surface area contributed by atoms with Crippen LogP contribution >= 0.6 is 11.8 Å². The van der Waals surface area contributed by atoms with E-state index >= 15 is 0 Å². The van der Waals surface area contributed by atoms with Crippen LogP contribution in [0.5, 0.6) is 0 Å². The highest BCUT2D eigenvalue weighted by Gasteiger charge is 2.11. The molecule has 0 aliphatic heterocycles. The molecule has 0 aliphatic carbocycles. The van der Waals surface area contributed by atoms with Gasteiger partial charge in [0, 0.05) is 4.90 Å². The van der Waals surface area contributed by atoms with Crippen LogP contribution in [-0.2, 0) is 4.79 Å². The van der Waals surface area contributed by atoms with Crippen LogP contribution in [-0.4, -0.2) is 17.3 Å². The molecule has 0 heterocycles. The fraction of sp³-hybridized carbons (Fsp3) is 0.0625. The van der Waals surface area contributed by atoms with Crippen molar-refractivity contribution in [3.63, 3.8) is 0 Å². The molecule has 4 heteroatoms. The van der Waals surface area contributed by atoms with Gasteiger partial charge in [-0.3, -0.25) is 0 Å². The van der Waals surface area contributed by atoms with Gasteiger partial charge in [0.05, 0.1) is 5.57 Å². The van der Waals surface area contributed by atoms with Gasteiger partial charge in [0.15, 0.2) is 0 Å². The molecule has 102 valence electrons. The minimum atomic E-state index is -1.08. The Morgan fingerprint density at radius 1 is 1.20 bits per heavy atom. The zero-order chi connectivity index (χ0) is 14.5. The Balaban J connectivity index is 2.42. The molecular formula is C16H13FO2S. The zero-order valence-electron chi connectivity index (χ0n) is 10.8. The van der Waals surface area contributed by atoms with Crippen LogP contribution < -0.4 is 0 Å². The summed E-state index contributed by atoms with van der Waals surface area (Å²) in [5.74, 6) is -1.53. The molecule has 0 amide bonds. The summed E-state index contributed by atoms with van der Waals surface area (Å²) >= 11 is 1.61. The molecule has 0 radical (unpaired) electrons. The number of benzene rings is 2. The monoisotopic (exact) mass is 288 g/mol. The largest absolute Gasteiger partial charge is 0.478 e. The van der Waals surface area contributed by atoms with Gasteiger partial charge in [-0.2, -0.15) is 0 Å². The smallest absolute Gasteiger partial charge is 0.336 e. The molecule has 2 rings (SSSR count). The van der Waals surface area contributed by atoms with Crippen molar-refractivity contribution in [2.75, 3.05) is 6.26 Å². The lowest BCUT2D eigenvalue weighted by atomic mass is 10.0. The third-order valence-corrected chi connectivity index (χ3v) is 3.54. The Morgan fingerprint density at radius 2 is 1.90 bits per heavy atom. The van der Waals surface area contributed by atoms with E-state index in [1.54, 1.807) is 23.9 Å². The molecule has 0 saturated carbocycles. The standard InChI is InChI=1S/C16H13FO2S/c1-20-14-7-5-11(6-8-14)9-15(16(18)19)12-3-2-4-13(17)10-12/h2-10H,1H3,(H,18,19). The second kappa shape index (κ2) is 6.39. The Morgan fingerprint density at radius 3 is 2.45 bits per heavy atom.